The lowest BCUT2D eigenvalue weighted by Crippen LogP contribution is -2.32. The second-order valence-corrected chi connectivity index (χ2v) is 22.3. The van der Waals surface area contributed by atoms with Crippen LogP contribution in [0.15, 0.2) is 0 Å². The quantitative estimate of drug-likeness (QED) is 0.156. The van der Waals surface area contributed by atoms with E-state index in [0.717, 1.165) is 32.1 Å². The average Bonchev–Trinajstić information content (AvgIpc) is 2.77. The molecule has 2 unspecified atom stereocenters. The minimum absolute atomic E-state index is 0.0347. The van der Waals surface area contributed by atoms with Crippen molar-refractivity contribution in [1.29, 1.82) is 0 Å². The highest BCUT2D eigenvalue weighted by atomic mass is 16.3. The van der Waals surface area contributed by atoms with Gasteiger partial charge < -0.3 is 30.6 Å². The van der Waals surface area contributed by atoms with Crippen LogP contribution in [0.4, 0.5) is 0 Å². The largest absolute Gasteiger partial charge is 0.396 e. The molecule has 0 aromatic carbocycles. The SMILES string of the molecule is CC(C)(C)C(C)(C)CO.CC(C)(C)CC(C)(C)O.CC(C)(C)CCCO.CC(C)(C)CCO.CC(CO)C(C)(C)C.CC(O)CC(C)(C)C. The average molecular weight is 711 g/mol. The van der Waals surface area contributed by atoms with Crippen LogP contribution in [0.1, 0.15) is 198 Å². The zero-order valence-corrected chi connectivity index (χ0v) is 38.2. The van der Waals surface area contributed by atoms with Gasteiger partial charge in [0.2, 0.25) is 0 Å². The van der Waals surface area contributed by atoms with E-state index < -0.39 is 5.60 Å². The Hall–Kier alpha value is -0.240. The van der Waals surface area contributed by atoms with Gasteiger partial charge in [0.25, 0.3) is 0 Å². The van der Waals surface area contributed by atoms with E-state index in [0.29, 0.717) is 36.6 Å². The summed E-state index contributed by atoms with van der Waals surface area (Å²) < 4.78 is 0. The van der Waals surface area contributed by atoms with Gasteiger partial charge in [0.1, 0.15) is 0 Å². The number of hydrogen-bond donors (Lipinski definition) is 6. The molecule has 0 saturated heterocycles. The van der Waals surface area contributed by atoms with Crippen LogP contribution in [0.5, 0.6) is 0 Å². The Morgan fingerprint density at radius 1 is 0.490 bits per heavy atom. The third kappa shape index (κ3) is 63.3. The van der Waals surface area contributed by atoms with Crippen molar-refractivity contribution < 1.29 is 30.6 Å². The Morgan fingerprint density at radius 2 is 0.857 bits per heavy atom. The summed E-state index contributed by atoms with van der Waals surface area (Å²) in [6.45, 7) is 51.4. The van der Waals surface area contributed by atoms with Crippen molar-refractivity contribution in [3.05, 3.63) is 0 Å². The summed E-state index contributed by atoms with van der Waals surface area (Å²) in [5.74, 6) is 0.405. The molecule has 0 aliphatic rings. The molecule has 0 aromatic heterocycles. The van der Waals surface area contributed by atoms with Crippen LogP contribution in [0, 0.1) is 43.8 Å². The molecule has 0 aliphatic carbocycles. The summed E-state index contributed by atoms with van der Waals surface area (Å²) in [6, 6.07) is 0. The van der Waals surface area contributed by atoms with Crippen molar-refractivity contribution in [3.63, 3.8) is 0 Å². The molecule has 0 rings (SSSR count). The lowest BCUT2D eigenvalue weighted by atomic mass is 9.70. The summed E-state index contributed by atoms with van der Waals surface area (Å²) in [5, 5.41) is 52.7. The molecule has 0 aliphatic heterocycles. The molecule has 0 radical (unpaired) electrons. The van der Waals surface area contributed by atoms with Crippen molar-refractivity contribution in [1.82, 2.24) is 0 Å². The topological polar surface area (TPSA) is 121 Å². The Bertz CT molecular complexity index is 695. The zero-order valence-electron chi connectivity index (χ0n) is 38.2. The lowest BCUT2D eigenvalue weighted by molar-refractivity contribution is 0.0370. The molecule has 0 amide bonds. The van der Waals surface area contributed by atoms with E-state index in [2.05, 4.69) is 145 Å². The molecule has 0 saturated carbocycles. The Balaban J connectivity index is -0.000000113. The number of rotatable bonds is 7. The molecule has 49 heavy (non-hydrogen) atoms. The third-order valence-corrected chi connectivity index (χ3v) is 8.00. The molecule has 6 N–H and O–H groups in total. The van der Waals surface area contributed by atoms with Crippen LogP contribution >= 0.6 is 0 Å². The molecule has 2 atom stereocenters. The molecule has 0 bridgehead atoms. The van der Waals surface area contributed by atoms with Crippen molar-refractivity contribution >= 4 is 0 Å². The molecular formula is C43H98O6. The first kappa shape index (κ1) is 60.8. The molecular weight excluding hydrogens is 612 g/mol. The van der Waals surface area contributed by atoms with Crippen LogP contribution in [-0.4, -0.2) is 68.8 Å². The number of aliphatic hydroxyl groups excluding tert-OH is 5. The fourth-order valence-corrected chi connectivity index (χ4v) is 3.64. The van der Waals surface area contributed by atoms with Crippen molar-refractivity contribution in [2.45, 2.75) is 210 Å². The highest BCUT2D eigenvalue weighted by molar-refractivity contribution is 4.81. The summed E-state index contributed by atoms with van der Waals surface area (Å²) in [5.41, 5.74) is 1.17. The first-order valence-electron chi connectivity index (χ1n) is 18.9. The molecule has 0 fully saturated rings. The molecule has 6 heteroatoms. The normalized spacial score (nSPS) is 14.1. The van der Waals surface area contributed by atoms with Gasteiger partial charge >= 0.3 is 0 Å². The van der Waals surface area contributed by atoms with E-state index >= 15 is 0 Å². The van der Waals surface area contributed by atoms with Gasteiger partial charge in [0.15, 0.2) is 0 Å². The fraction of sp³-hybridized carbons (Fsp3) is 1.00. The Morgan fingerprint density at radius 3 is 0.878 bits per heavy atom. The zero-order chi connectivity index (χ0) is 41.5. The standard InChI is InChI=1S/2C8H18O.3C7H16O.C6H14O/c1-7(2,3)8(4,5)6-9;1-7(2,3)6-8(4,5)9;1-6(5-8)7(2,3)4;1-6(8)5-7(2,3)4;1-7(2,3)5-4-6-8;1-6(2,3)4-5-7/h2*9H,6H2,1-5H3;2*6,8H,5H2,1-4H3;8H,4-6H2,1-3H3;7H,4-5H2,1-3H3. The Kier molecular flexibility index (Phi) is 32.9. The summed E-state index contributed by atoms with van der Waals surface area (Å²) in [6.07, 6.45) is 4.52. The van der Waals surface area contributed by atoms with E-state index in [9.17, 15) is 5.11 Å². The maximum atomic E-state index is 9.35. The van der Waals surface area contributed by atoms with Crippen molar-refractivity contribution in [2.75, 3.05) is 26.4 Å². The summed E-state index contributed by atoms with van der Waals surface area (Å²) >= 11 is 0. The van der Waals surface area contributed by atoms with E-state index in [-0.39, 0.29) is 39.8 Å². The minimum atomic E-state index is -0.516. The van der Waals surface area contributed by atoms with Crippen LogP contribution in [0.2, 0.25) is 0 Å². The van der Waals surface area contributed by atoms with Gasteiger partial charge in [-0.25, -0.2) is 0 Å². The molecule has 0 aromatic rings. The monoisotopic (exact) mass is 711 g/mol. The second-order valence-electron chi connectivity index (χ2n) is 22.3. The van der Waals surface area contributed by atoms with E-state index in [1.807, 2.05) is 20.8 Å². The predicted octanol–water partition coefficient (Wildman–Crippen LogP) is 10.9. The van der Waals surface area contributed by atoms with Gasteiger partial charge in [0, 0.05) is 26.4 Å². The van der Waals surface area contributed by atoms with Crippen LogP contribution < -0.4 is 0 Å². The third-order valence-electron chi connectivity index (χ3n) is 8.00. The maximum Gasteiger partial charge on any atom is 0.0596 e. The summed E-state index contributed by atoms with van der Waals surface area (Å²) in [4.78, 5) is 0. The first-order valence-corrected chi connectivity index (χ1v) is 18.9. The fourth-order valence-electron chi connectivity index (χ4n) is 3.64. The number of aliphatic hydroxyl groups is 6. The molecule has 0 heterocycles. The highest BCUT2D eigenvalue weighted by Gasteiger charge is 2.31. The van der Waals surface area contributed by atoms with E-state index in [1.54, 1.807) is 0 Å². The van der Waals surface area contributed by atoms with Gasteiger partial charge in [-0.2, -0.15) is 0 Å². The molecule has 306 valence electrons. The van der Waals surface area contributed by atoms with Gasteiger partial charge in [-0.15, -0.1) is 0 Å². The van der Waals surface area contributed by atoms with Gasteiger partial charge in [0.05, 0.1) is 11.7 Å². The van der Waals surface area contributed by atoms with E-state index in [1.165, 1.54) is 0 Å². The smallest absolute Gasteiger partial charge is 0.0596 e. The van der Waals surface area contributed by atoms with Crippen molar-refractivity contribution in [2.24, 2.45) is 43.8 Å². The summed E-state index contributed by atoms with van der Waals surface area (Å²) in [7, 11) is 0. The maximum absolute atomic E-state index is 9.35. The van der Waals surface area contributed by atoms with E-state index in [4.69, 9.17) is 25.5 Å². The van der Waals surface area contributed by atoms with Gasteiger partial charge in [-0.1, -0.05) is 145 Å². The predicted molar refractivity (Wildman–Crippen MR) is 219 cm³/mol. The minimum Gasteiger partial charge on any atom is -0.396 e. The van der Waals surface area contributed by atoms with Crippen LogP contribution in [0.3, 0.4) is 0 Å². The van der Waals surface area contributed by atoms with Gasteiger partial charge in [-0.3, -0.25) is 0 Å². The van der Waals surface area contributed by atoms with Crippen LogP contribution in [-0.2, 0) is 0 Å². The highest BCUT2D eigenvalue weighted by Crippen LogP contribution is 2.36. The molecule has 0 spiro atoms. The van der Waals surface area contributed by atoms with Crippen LogP contribution in [0.25, 0.3) is 0 Å². The first-order chi connectivity index (χ1) is 21.0. The molecule has 6 nitrogen and oxygen atoms in total. The second kappa shape index (κ2) is 26.5. The van der Waals surface area contributed by atoms with Crippen molar-refractivity contribution in [3.8, 4) is 0 Å². The number of hydrogen-bond acceptors (Lipinski definition) is 6. The Labute approximate surface area is 310 Å². The lowest BCUT2D eigenvalue weighted by Gasteiger charge is -2.36. The van der Waals surface area contributed by atoms with Gasteiger partial charge in [-0.05, 0) is 96.7 Å².